The van der Waals surface area contributed by atoms with Gasteiger partial charge in [0.05, 0.1) is 4.90 Å². The Morgan fingerprint density at radius 1 is 1.10 bits per heavy atom. The Morgan fingerprint density at radius 3 is 2.45 bits per heavy atom. The van der Waals surface area contributed by atoms with Crippen LogP contribution in [0.15, 0.2) is 53.4 Å². The molecule has 0 heterocycles. The lowest BCUT2D eigenvalue weighted by Crippen LogP contribution is -2.27. The molecule has 0 unspecified atom stereocenters. The van der Waals surface area contributed by atoms with Crippen LogP contribution in [0.5, 0.6) is 0 Å². The third-order valence-electron chi connectivity index (χ3n) is 3.05. The molecule has 3 nitrogen and oxygen atoms in total. The van der Waals surface area contributed by atoms with Gasteiger partial charge in [-0.15, -0.1) is 0 Å². The van der Waals surface area contributed by atoms with Crippen LogP contribution in [-0.4, -0.2) is 19.8 Å². The molecule has 0 fully saturated rings. The van der Waals surface area contributed by atoms with Gasteiger partial charge in [0, 0.05) is 19.2 Å². The molecule has 2 aromatic carbocycles. The highest BCUT2D eigenvalue weighted by atomic mass is 32.2. The van der Waals surface area contributed by atoms with E-state index in [1.807, 2.05) is 13.0 Å². The predicted octanol–water partition coefficient (Wildman–Crippen LogP) is 2.95. The lowest BCUT2D eigenvalue weighted by atomic mass is 10.2. The van der Waals surface area contributed by atoms with Gasteiger partial charge in [0.2, 0.25) is 10.0 Å². The lowest BCUT2D eigenvalue weighted by Gasteiger charge is -2.18. The summed E-state index contributed by atoms with van der Waals surface area (Å²) in [6.07, 6.45) is 0. The van der Waals surface area contributed by atoms with Crippen LogP contribution in [0, 0.1) is 12.7 Å². The van der Waals surface area contributed by atoms with Gasteiger partial charge in [0.1, 0.15) is 5.82 Å². The molecule has 20 heavy (non-hydrogen) atoms. The first kappa shape index (κ1) is 14.7. The molecule has 0 atom stereocenters. The summed E-state index contributed by atoms with van der Waals surface area (Å²) in [5.74, 6) is -0.404. The van der Waals surface area contributed by atoms with E-state index in [0.29, 0.717) is 5.56 Å². The first-order valence-electron chi connectivity index (χ1n) is 6.17. The van der Waals surface area contributed by atoms with Gasteiger partial charge >= 0.3 is 0 Å². The number of benzene rings is 2. The van der Waals surface area contributed by atoms with E-state index in [0.717, 1.165) is 9.87 Å². The molecule has 2 aromatic rings. The van der Waals surface area contributed by atoms with E-state index in [1.165, 1.54) is 13.1 Å². The number of rotatable bonds is 4. The Bertz CT molecular complexity index is 713. The maximum Gasteiger partial charge on any atom is 0.243 e. The summed E-state index contributed by atoms with van der Waals surface area (Å²) in [6, 6.07) is 12.8. The van der Waals surface area contributed by atoms with Gasteiger partial charge in [-0.1, -0.05) is 30.3 Å². The minimum Gasteiger partial charge on any atom is -0.207 e. The van der Waals surface area contributed by atoms with Crippen LogP contribution < -0.4 is 0 Å². The number of aryl methyl sites for hydroxylation is 1. The number of sulfonamides is 1. The third-order valence-corrected chi connectivity index (χ3v) is 4.85. The topological polar surface area (TPSA) is 37.4 Å². The molecule has 0 spiro atoms. The lowest BCUT2D eigenvalue weighted by molar-refractivity contribution is 0.456. The second-order valence-electron chi connectivity index (χ2n) is 4.67. The Balaban J connectivity index is 2.29. The fourth-order valence-corrected chi connectivity index (χ4v) is 3.16. The summed E-state index contributed by atoms with van der Waals surface area (Å²) in [5, 5.41) is 0. The zero-order chi connectivity index (χ0) is 14.8. The molecule has 2 rings (SSSR count). The minimum absolute atomic E-state index is 0.00293. The summed E-state index contributed by atoms with van der Waals surface area (Å²) in [7, 11) is -2.16. The van der Waals surface area contributed by atoms with Crippen molar-refractivity contribution >= 4 is 10.0 Å². The maximum atomic E-state index is 13.6. The van der Waals surface area contributed by atoms with Gasteiger partial charge in [0.25, 0.3) is 0 Å². The second-order valence-corrected chi connectivity index (χ2v) is 6.71. The zero-order valence-electron chi connectivity index (χ0n) is 11.4. The normalized spacial score (nSPS) is 11.8. The predicted molar refractivity (Wildman–Crippen MR) is 76.2 cm³/mol. The summed E-state index contributed by atoms with van der Waals surface area (Å²) < 4.78 is 39.5. The molecular weight excluding hydrogens is 277 g/mol. The second kappa shape index (κ2) is 5.73. The highest BCUT2D eigenvalue weighted by Gasteiger charge is 2.21. The zero-order valence-corrected chi connectivity index (χ0v) is 12.2. The van der Waals surface area contributed by atoms with Crippen LogP contribution >= 0.6 is 0 Å². The molecule has 0 aliphatic heterocycles. The smallest absolute Gasteiger partial charge is 0.207 e. The van der Waals surface area contributed by atoms with E-state index in [4.69, 9.17) is 0 Å². The standard InChI is InChI=1S/C15H16FNO2S/c1-12-6-5-8-14(10-12)20(18,19)17(2)11-13-7-3-4-9-15(13)16/h3-10H,11H2,1-2H3. The van der Waals surface area contributed by atoms with E-state index in [-0.39, 0.29) is 11.4 Å². The summed E-state index contributed by atoms with van der Waals surface area (Å²) in [5.41, 5.74) is 1.22. The van der Waals surface area contributed by atoms with Crippen LogP contribution in [0.2, 0.25) is 0 Å². The first-order chi connectivity index (χ1) is 9.41. The van der Waals surface area contributed by atoms with Crippen molar-refractivity contribution in [3.8, 4) is 0 Å². The van der Waals surface area contributed by atoms with Gasteiger partial charge in [-0.3, -0.25) is 0 Å². The molecule has 0 aromatic heterocycles. The van der Waals surface area contributed by atoms with E-state index >= 15 is 0 Å². The van der Waals surface area contributed by atoms with Crippen molar-refractivity contribution in [3.63, 3.8) is 0 Å². The van der Waals surface area contributed by atoms with Crippen molar-refractivity contribution in [2.24, 2.45) is 0 Å². The molecular formula is C15H16FNO2S. The third kappa shape index (κ3) is 3.05. The van der Waals surface area contributed by atoms with E-state index in [2.05, 4.69) is 0 Å². The molecule has 106 valence electrons. The Kier molecular flexibility index (Phi) is 4.20. The molecule has 0 saturated heterocycles. The fraction of sp³-hybridized carbons (Fsp3) is 0.200. The number of halogens is 1. The van der Waals surface area contributed by atoms with Gasteiger partial charge in [-0.2, -0.15) is 4.31 Å². The fourth-order valence-electron chi connectivity index (χ4n) is 1.91. The van der Waals surface area contributed by atoms with Crippen LogP contribution in [0.4, 0.5) is 4.39 Å². The van der Waals surface area contributed by atoms with E-state index < -0.39 is 15.8 Å². The molecule has 0 aliphatic rings. The van der Waals surface area contributed by atoms with Crippen molar-refractivity contribution in [2.45, 2.75) is 18.4 Å². The minimum atomic E-state index is -3.61. The van der Waals surface area contributed by atoms with E-state index in [1.54, 1.807) is 36.4 Å². The molecule has 0 aliphatic carbocycles. The molecule has 0 saturated carbocycles. The average Bonchev–Trinajstić information content (AvgIpc) is 2.41. The monoisotopic (exact) mass is 293 g/mol. The van der Waals surface area contributed by atoms with Gasteiger partial charge in [-0.25, -0.2) is 12.8 Å². The molecule has 0 radical (unpaired) electrons. The molecule has 0 bridgehead atoms. The van der Waals surface area contributed by atoms with Crippen molar-refractivity contribution in [1.29, 1.82) is 0 Å². The number of hydrogen-bond acceptors (Lipinski definition) is 2. The summed E-state index contributed by atoms with van der Waals surface area (Å²) in [6.45, 7) is 1.83. The van der Waals surface area contributed by atoms with E-state index in [9.17, 15) is 12.8 Å². The van der Waals surface area contributed by atoms with Gasteiger partial charge < -0.3 is 0 Å². The molecule has 0 amide bonds. The highest BCUT2D eigenvalue weighted by Crippen LogP contribution is 2.18. The van der Waals surface area contributed by atoms with Crippen LogP contribution in [0.1, 0.15) is 11.1 Å². The SMILES string of the molecule is Cc1cccc(S(=O)(=O)N(C)Cc2ccccc2F)c1. The molecule has 5 heteroatoms. The maximum absolute atomic E-state index is 13.6. The first-order valence-corrected chi connectivity index (χ1v) is 7.61. The average molecular weight is 293 g/mol. The van der Waals surface area contributed by atoms with Crippen LogP contribution in [0.25, 0.3) is 0 Å². The Hall–Kier alpha value is -1.72. The van der Waals surface area contributed by atoms with Crippen molar-refractivity contribution < 1.29 is 12.8 Å². The van der Waals surface area contributed by atoms with Crippen molar-refractivity contribution in [3.05, 3.63) is 65.5 Å². The Morgan fingerprint density at radius 2 is 1.80 bits per heavy atom. The largest absolute Gasteiger partial charge is 0.243 e. The van der Waals surface area contributed by atoms with Gasteiger partial charge in [-0.05, 0) is 30.7 Å². The van der Waals surface area contributed by atoms with Crippen molar-refractivity contribution in [2.75, 3.05) is 7.05 Å². The molecule has 0 N–H and O–H groups in total. The van der Waals surface area contributed by atoms with Gasteiger partial charge in [0.15, 0.2) is 0 Å². The van der Waals surface area contributed by atoms with Crippen molar-refractivity contribution in [1.82, 2.24) is 4.31 Å². The summed E-state index contributed by atoms with van der Waals surface area (Å²) in [4.78, 5) is 0.219. The highest BCUT2D eigenvalue weighted by molar-refractivity contribution is 7.89. The quantitative estimate of drug-likeness (QED) is 0.869. The summed E-state index contributed by atoms with van der Waals surface area (Å²) >= 11 is 0. The van der Waals surface area contributed by atoms with Crippen LogP contribution in [-0.2, 0) is 16.6 Å². The Labute approximate surface area is 118 Å². The van der Waals surface area contributed by atoms with Crippen LogP contribution in [0.3, 0.4) is 0 Å². The number of hydrogen-bond donors (Lipinski definition) is 0. The number of nitrogens with zero attached hydrogens (tertiary/aromatic N) is 1.